The molecule has 0 saturated heterocycles. The summed E-state index contributed by atoms with van der Waals surface area (Å²) in [6, 6.07) is 4.53. The lowest BCUT2D eigenvalue weighted by Crippen LogP contribution is -2.46. The van der Waals surface area contributed by atoms with Gasteiger partial charge in [0.25, 0.3) is 0 Å². The van der Waals surface area contributed by atoms with Crippen molar-refractivity contribution in [2.75, 3.05) is 24.9 Å². The van der Waals surface area contributed by atoms with E-state index in [4.69, 9.17) is 9.47 Å². The van der Waals surface area contributed by atoms with Crippen molar-refractivity contribution in [3.8, 4) is 11.5 Å². The van der Waals surface area contributed by atoms with Crippen molar-refractivity contribution in [3.63, 3.8) is 0 Å². The minimum Gasteiger partial charge on any atom is -0.497 e. The minimum absolute atomic E-state index is 0.135. The van der Waals surface area contributed by atoms with E-state index in [-0.39, 0.29) is 11.7 Å². The lowest BCUT2D eigenvalue weighted by Gasteiger charge is -2.34. The first-order valence-corrected chi connectivity index (χ1v) is 9.27. The van der Waals surface area contributed by atoms with Crippen LogP contribution in [0.3, 0.4) is 0 Å². The van der Waals surface area contributed by atoms with Crippen molar-refractivity contribution in [3.05, 3.63) is 29.7 Å². The molecule has 0 aromatic heterocycles. The van der Waals surface area contributed by atoms with Crippen LogP contribution in [0.5, 0.6) is 11.5 Å². The van der Waals surface area contributed by atoms with Gasteiger partial charge in [-0.1, -0.05) is 20.8 Å². The maximum atomic E-state index is 13.0. The quantitative estimate of drug-likeness (QED) is 0.831. The zero-order chi connectivity index (χ0) is 18.1. The Morgan fingerprint density at radius 3 is 2.33 bits per heavy atom. The molecule has 0 bridgehead atoms. The zero-order valence-electron chi connectivity index (χ0n) is 14.6. The zero-order valence-corrected chi connectivity index (χ0v) is 15.4. The van der Waals surface area contributed by atoms with E-state index < -0.39 is 21.3 Å². The van der Waals surface area contributed by atoms with Crippen molar-refractivity contribution in [2.24, 2.45) is 5.41 Å². The van der Waals surface area contributed by atoms with Gasteiger partial charge >= 0.3 is 0 Å². The van der Waals surface area contributed by atoms with Gasteiger partial charge in [0.1, 0.15) is 11.5 Å². The highest BCUT2D eigenvalue weighted by atomic mass is 32.2. The molecule has 1 aliphatic heterocycles. The van der Waals surface area contributed by atoms with Crippen molar-refractivity contribution in [1.82, 2.24) is 0 Å². The average molecular weight is 353 g/mol. The van der Waals surface area contributed by atoms with E-state index in [0.717, 1.165) is 5.41 Å². The van der Waals surface area contributed by atoms with E-state index >= 15 is 0 Å². The van der Waals surface area contributed by atoms with E-state index in [1.165, 1.54) is 12.0 Å². The SMILES string of the molecule is COc1ccc(N(C(=O)C(C)(C)C)C2C=CS(=O)(=O)C2)c(OC)c1. The number of hydrogen-bond acceptors (Lipinski definition) is 5. The van der Waals surface area contributed by atoms with Gasteiger partial charge in [-0.05, 0) is 18.2 Å². The third-order valence-corrected chi connectivity index (χ3v) is 5.13. The molecule has 2 rings (SSSR count). The Bertz CT molecular complexity index is 762. The van der Waals surface area contributed by atoms with E-state index in [1.807, 2.05) is 0 Å². The molecular weight excluding hydrogens is 330 g/mol. The fraction of sp³-hybridized carbons (Fsp3) is 0.471. The number of carbonyl (C=O) groups excluding carboxylic acids is 1. The van der Waals surface area contributed by atoms with Gasteiger partial charge < -0.3 is 14.4 Å². The predicted molar refractivity (Wildman–Crippen MR) is 93.2 cm³/mol. The van der Waals surface area contributed by atoms with Crippen LogP contribution in [-0.2, 0) is 14.6 Å². The van der Waals surface area contributed by atoms with Crippen LogP contribution in [0.15, 0.2) is 29.7 Å². The maximum Gasteiger partial charge on any atom is 0.233 e. The smallest absolute Gasteiger partial charge is 0.233 e. The fourth-order valence-electron chi connectivity index (χ4n) is 2.50. The van der Waals surface area contributed by atoms with Gasteiger partial charge in [0.15, 0.2) is 9.84 Å². The highest BCUT2D eigenvalue weighted by Gasteiger charge is 2.37. The lowest BCUT2D eigenvalue weighted by molar-refractivity contribution is -0.126. The predicted octanol–water partition coefficient (Wildman–Crippen LogP) is 2.39. The highest BCUT2D eigenvalue weighted by Crippen LogP contribution is 2.37. The second-order valence-electron chi connectivity index (χ2n) is 6.69. The molecule has 0 N–H and O–H groups in total. The van der Waals surface area contributed by atoms with Crippen LogP contribution in [0.2, 0.25) is 0 Å². The molecule has 24 heavy (non-hydrogen) atoms. The molecule has 1 aliphatic rings. The van der Waals surface area contributed by atoms with Gasteiger partial charge in [0, 0.05) is 16.9 Å². The molecular formula is C17H23NO5S. The van der Waals surface area contributed by atoms with Gasteiger partial charge in [0.05, 0.1) is 31.7 Å². The van der Waals surface area contributed by atoms with Gasteiger partial charge in [-0.15, -0.1) is 0 Å². The number of ether oxygens (including phenoxy) is 2. The number of sulfone groups is 1. The summed E-state index contributed by atoms with van der Waals surface area (Å²) in [4.78, 5) is 14.5. The molecule has 1 amide bonds. The summed E-state index contributed by atoms with van der Waals surface area (Å²) in [5, 5.41) is 1.16. The Labute approximate surface area is 143 Å². The van der Waals surface area contributed by atoms with Crippen LogP contribution in [0.25, 0.3) is 0 Å². The number of rotatable bonds is 4. The molecule has 1 atom stereocenters. The number of nitrogens with zero attached hydrogens (tertiary/aromatic N) is 1. The molecule has 1 unspecified atom stereocenters. The first-order chi connectivity index (χ1) is 11.1. The topological polar surface area (TPSA) is 72.9 Å². The van der Waals surface area contributed by atoms with Gasteiger partial charge in [-0.25, -0.2) is 8.42 Å². The number of hydrogen-bond donors (Lipinski definition) is 0. The third kappa shape index (κ3) is 3.72. The summed E-state index contributed by atoms with van der Waals surface area (Å²) < 4.78 is 34.2. The van der Waals surface area contributed by atoms with Crippen LogP contribution in [-0.4, -0.2) is 40.3 Å². The lowest BCUT2D eigenvalue weighted by atomic mass is 9.93. The Morgan fingerprint density at radius 2 is 1.88 bits per heavy atom. The molecule has 1 aromatic carbocycles. The Kier molecular flexibility index (Phi) is 4.94. The summed E-state index contributed by atoms with van der Waals surface area (Å²) in [6.45, 7) is 5.39. The standard InChI is InChI=1S/C17H23NO5S/c1-17(2,3)16(19)18(12-8-9-24(20,21)11-12)14-7-6-13(22-4)10-15(14)23-5/h6-10,12H,11H2,1-5H3. The molecule has 132 valence electrons. The Balaban J connectivity index is 2.55. The van der Waals surface area contributed by atoms with E-state index in [2.05, 4.69) is 0 Å². The monoisotopic (exact) mass is 353 g/mol. The third-order valence-electron chi connectivity index (χ3n) is 3.75. The Morgan fingerprint density at radius 1 is 1.21 bits per heavy atom. The number of carbonyl (C=O) groups is 1. The van der Waals surface area contributed by atoms with E-state index in [1.54, 1.807) is 52.2 Å². The van der Waals surface area contributed by atoms with Crippen molar-refractivity contribution >= 4 is 21.4 Å². The summed E-state index contributed by atoms with van der Waals surface area (Å²) in [7, 11) is -0.260. The largest absolute Gasteiger partial charge is 0.497 e. The molecule has 1 heterocycles. The second-order valence-corrected chi connectivity index (χ2v) is 8.62. The summed E-state index contributed by atoms with van der Waals surface area (Å²) >= 11 is 0. The number of amides is 1. The van der Waals surface area contributed by atoms with Crippen LogP contribution >= 0.6 is 0 Å². The van der Waals surface area contributed by atoms with Crippen LogP contribution in [0, 0.1) is 5.41 Å². The molecule has 0 saturated carbocycles. The molecule has 7 heteroatoms. The summed E-state index contributed by atoms with van der Waals surface area (Å²) in [5.41, 5.74) is -0.157. The summed E-state index contributed by atoms with van der Waals surface area (Å²) in [5.74, 6) is 0.722. The first-order valence-electron chi connectivity index (χ1n) is 7.55. The normalized spacial score (nSPS) is 19.1. The molecule has 0 aliphatic carbocycles. The molecule has 1 aromatic rings. The number of anilines is 1. The molecule has 0 radical (unpaired) electrons. The number of benzene rings is 1. The van der Waals surface area contributed by atoms with Crippen LogP contribution in [0.1, 0.15) is 20.8 Å². The van der Waals surface area contributed by atoms with Crippen LogP contribution in [0.4, 0.5) is 5.69 Å². The fourth-order valence-corrected chi connectivity index (χ4v) is 3.77. The molecule has 6 nitrogen and oxygen atoms in total. The van der Waals surface area contributed by atoms with Gasteiger partial charge in [-0.3, -0.25) is 4.79 Å². The minimum atomic E-state index is -3.30. The van der Waals surface area contributed by atoms with Gasteiger partial charge in [0.2, 0.25) is 5.91 Å². The van der Waals surface area contributed by atoms with Crippen molar-refractivity contribution < 1.29 is 22.7 Å². The maximum absolute atomic E-state index is 13.0. The van der Waals surface area contributed by atoms with Crippen molar-refractivity contribution in [2.45, 2.75) is 26.8 Å². The number of methoxy groups -OCH3 is 2. The first kappa shape index (κ1) is 18.3. The molecule has 0 spiro atoms. The van der Waals surface area contributed by atoms with Crippen LogP contribution < -0.4 is 14.4 Å². The second kappa shape index (κ2) is 6.47. The average Bonchev–Trinajstić information content (AvgIpc) is 2.86. The molecule has 0 fully saturated rings. The Hall–Kier alpha value is -2.02. The van der Waals surface area contributed by atoms with E-state index in [9.17, 15) is 13.2 Å². The van der Waals surface area contributed by atoms with E-state index in [0.29, 0.717) is 17.2 Å². The summed E-state index contributed by atoms with van der Waals surface area (Å²) in [6.07, 6.45) is 1.54. The van der Waals surface area contributed by atoms with Gasteiger partial charge in [-0.2, -0.15) is 0 Å². The highest BCUT2D eigenvalue weighted by molar-refractivity contribution is 7.94. The van der Waals surface area contributed by atoms with Crippen molar-refractivity contribution in [1.29, 1.82) is 0 Å².